The van der Waals surface area contributed by atoms with Gasteiger partial charge in [0.2, 0.25) is 0 Å². The first-order valence-electron chi connectivity index (χ1n) is 12.6. The number of benzene rings is 2. The zero-order valence-corrected chi connectivity index (χ0v) is 21.6. The Hall–Kier alpha value is -4.07. The molecule has 0 amide bonds. The highest BCUT2D eigenvalue weighted by Gasteiger charge is 2.27. The lowest BCUT2D eigenvalue weighted by atomic mass is 10.0. The summed E-state index contributed by atoms with van der Waals surface area (Å²) in [6, 6.07) is 10.1. The van der Waals surface area contributed by atoms with Gasteiger partial charge in [0.05, 0.1) is 46.4 Å². The second kappa shape index (κ2) is 10.4. The topological polar surface area (TPSA) is 104 Å². The van der Waals surface area contributed by atoms with Crippen molar-refractivity contribution < 1.29 is 5.76 Å². The van der Waals surface area contributed by atoms with Crippen LogP contribution in [0.5, 0.6) is 0 Å². The highest BCUT2D eigenvalue weighted by molar-refractivity contribution is 7.09. The van der Waals surface area contributed by atoms with Gasteiger partial charge in [0.1, 0.15) is 17.6 Å². The Morgan fingerprint density at radius 3 is 2.84 bits per heavy atom. The number of rotatable bonds is 9. The van der Waals surface area contributed by atoms with Gasteiger partial charge in [0, 0.05) is 41.8 Å². The van der Waals surface area contributed by atoms with E-state index in [4.69, 9.17) is 11.6 Å². The summed E-state index contributed by atoms with van der Waals surface area (Å²) < 4.78 is 25.1. The third-order valence-electron chi connectivity index (χ3n) is 6.26. The molecule has 2 N–H and O–H groups in total. The van der Waals surface area contributed by atoms with E-state index in [1.165, 1.54) is 18.3 Å². The number of hydrogen-bond acceptors (Lipinski definition) is 8. The van der Waals surface area contributed by atoms with E-state index in [1.807, 2.05) is 5.38 Å². The van der Waals surface area contributed by atoms with Crippen LogP contribution >= 0.6 is 22.9 Å². The number of hydrogen-bond donors (Lipinski definition) is 2. The van der Waals surface area contributed by atoms with Crippen LogP contribution in [0.25, 0.3) is 10.9 Å². The Kier molecular flexibility index (Phi) is 6.29. The molecule has 0 aliphatic heterocycles. The quantitative estimate of drug-likeness (QED) is 0.229. The predicted molar refractivity (Wildman–Crippen MR) is 146 cm³/mol. The number of aromatic nitrogens is 5. The molecule has 6 rings (SSSR count). The standard InChI is InChI=1S/C27H22ClFN8S/c28-22-12-19(11-21-25(17(13-30)14-33-27(21)22)32-8-7-24-31-9-10-38-24)34-26(16-1-3-18(29)4-2-16)23-15-37(36-35-23)20-5-6-20/h1-4,9-12,14-15,20,26,34H,5-8H2,(H,32,33)/t26-/m0/s1/i26D. The highest BCUT2D eigenvalue weighted by atomic mass is 35.5. The lowest BCUT2D eigenvalue weighted by Gasteiger charge is -2.20. The number of nitriles is 1. The van der Waals surface area contributed by atoms with Gasteiger partial charge in [-0.1, -0.05) is 28.9 Å². The van der Waals surface area contributed by atoms with Gasteiger partial charge in [-0.2, -0.15) is 5.26 Å². The molecule has 1 fully saturated rings. The molecule has 8 nitrogen and oxygen atoms in total. The smallest absolute Gasteiger partial charge is 0.123 e. The molecular weight excluding hydrogens is 523 g/mol. The van der Waals surface area contributed by atoms with Crippen molar-refractivity contribution in [2.75, 3.05) is 17.2 Å². The summed E-state index contributed by atoms with van der Waals surface area (Å²) in [7, 11) is 0. The fraction of sp³-hybridized carbons (Fsp3) is 0.222. The predicted octanol–water partition coefficient (Wildman–Crippen LogP) is 6.14. The van der Waals surface area contributed by atoms with Crippen molar-refractivity contribution in [3.63, 3.8) is 0 Å². The van der Waals surface area contributed by atoms with Crippen molar-refractivity contribution in [1.82, 2.24) is 25.0 Å². The average Bonchev–Trinajstić information content (AvgIpc) is 3.41. The fourth-order valence-electron chi connectivity index (χ4n) is 4.23. The Morgan fingerprint density at radius 2 is 2.11 bits per heavy atom. The Labute approximate surface area is 228 Å². The molecule has 0 radical (unpaired) electrons. The summed E-state index contributed by atoms with van der Waals surface area (Å²) in [5, 5.41) is 28.8. The molecule has 3 heterocycles. The molecule has 0 bridgehead atoms. The van der Waals surface area contributed by atoms with Crippen LogP contribution in [-0.2, 0) is 6.42 Å². The first kappa shape index (κ1) is 23.1. The van der Waals surface area contributed by atoms with E-state index >= 15 is 0 Å². The van der Waals surface area contributed by atoms with Gasteiger partial charge in [-0.05, 0) is 42.7 Å². The monoisotopic (exact) mass is 545 g/mol. The van der Waals surface area contributed by atoms with Crippen LogP contribution in [0.4, 0.5) is 15.8 Å². The van der Waals surface area contributed by atoms with E-state index in [-0.39, 0.29) is 6.04 Å². The molecule has 0 saturated heterocycles. The molecule has 3 aromatic heterocycles. The molecule has 1 aliphatic carbocycles. The van der Waals surface area contributed by atoms with E-state index in [9.17, 15) is 11.0 Å². The van der Waals surface area contributed by atoms with Crippen molar-refractivity contribution in [2.24, 2.45) is 0 Å². The zero-order valence-electron chi connectivity index (χ0n) is 21.0. The van der Waals surface area contributed by atoms with E-state index in [0.717, 1.165) is 17.8 Å². The third kappa shape index (κ3) is 5.03. The number of anilines is 2. The van der Waals surface area contributed by atoms with Crippen LogP contribution in [0.15, 0.2) is 60.4 Å². The van der Waals surface area contributed by atoms with Crippen molar-refractivity contribution in [1.29, 1.82) is 5.26 Å². The van der Waals surface area contributed by atoms with Crippen LogP contribution in [0.2, 0.25) is 5.02 Å². The normalized spacial score (nSPS) is 15.0. The van der Waals surface area contributed by atoms with Crippen LogP contribution in [-0.4, -0.2) is 31.5 Å². The van der Waals surface area contributed by atoms with Crippen molar-refractivity contribution >= 4 is 45.2 Å². The van der Waals surface area contributed by atoms with Gasteiger partial charge in [-0.3, -0.25) is 4.98 Å². The van der Waals surface area contributed by atoms with E-state index in [2.05, 4.69) is 37.0 Å². The van der Waals surface area contributed by atoms with Gasteiger partial charge in [-0.25, -0.2) is 14.1 Å². The molecule has 1 aliphatic rings. The molecular formula is C27H22ClFN8S. The first-order chi connectivity index (χ1) is 18.9. The summed E-state index contributed by atoms with van der Waals surface area (Å²) >= 11 is 8.25. The van der Waals surface area contributed by atoms with Crippen molar-refractivity contribution in [3.8, 4) is 6.07 Å². The SMILES string of the molecule is [2H][C@](Nc1cc(Cl)c2ncc(C#N)c(NCCc3nccs3)c2c1)(c1ccc(F)cc1)c1cn(C2CC2)nn1. The third-order valence-corrected chi connectivity index (χ3v) is 7.39. The van der Waals surface area contributed by atoms with Crippen LogP contribution < -0.4 is 10.6 Å². The maximum atomic E-state index is 13.8. The maximum Gasteiger partial charge on any atom is 0.123 e. The molecule has 38 heavy (non-hydrogen) atoms. The number of nitrogens with zero attached hydrogens (tertiary/aromatic N) is 6. The number of halogens is 2. The maximum absolute atomic E-state index is 13.8. The Bertz CT molecular complexity index is 1680. The van der Waals surface area contributed by atoms with Crippen LogP contribution in [0, 0.1) is 17.1 Å². The minimum absolute atomic E-state index is 0.285. The Morgan fingerprint density at radius 1 is 1.26 bits per heavy atom. The first-order valence-corrected chi connectivity index (χ1v) is 13.3. The van der Waals surface area contributed by atoms with Crippen LogP contribution in [0.3, 0.4) is 0 Å². The second-order valence-electron chi connectivity index (χ2n) is 8.94. The molecule has 2 aromatic carbocycles. The highest BCUT2D eigenvalue weighted by Crippen LogP contribution is 2.37. The molecule has 11 heteroatoms. The van der Waals surface area contributed by atoms with Crippen molar-refractivity contribution in [3.05, 3.63) is 93.0 Å². The molecule has 1 atom stereocenters. The number of pyridine rings is 1. The summed E-state index contributed by atoms with van der Waals surface area (Å²) in [6.45, 7) is 0.554. The summed E-state index contributed by atoms with van der Waals surface area (Å²) in [6.07, 6.45) is 7.74. The number of thiazole rings is 1. The molecule has 0 unspecified atom stereocenters. The molecule has 190 valence electrons. The summed E-state index contributed by atoms with van der Waals surface area (Å²) in [5.74, 6) is -0.403. The second-order valence-corrected chi connectivity index (χ2v) is 10.3. The number of nitrogens with one attached hydrogen (secondary N) is 2. The minimum Gasteiger partial charge on any atom is -0.383 e. The van der Waals surface area contributed by atoms with E-state index < -0.39 is 11.8 Å². The molecule has 5 aromatic rings. The van der Waals surface area contributed by atoms with Gasteiger partial charge >= 0.3 is 0 Å². The summed E-state index contributed by atoms with van der Waals surface area (Å²) in [4.78, 5) is 8.73. The van der Waals surface area contributed by atoms with Gasteiger partial charge < -0.3 is 10.6 Å². The van der Waals surface area contributed by atoms with Crippen LogP contribution in [0.1, 0.15) is 48.1 Å². The van der Waals surface area contributed by atoms with Gasteiger partial charge in [0.25, 0.3) is 0 Å². The minimum atomic E-state index is -1.60. The molecule has 0 spiro atoms. The molecule has 1 saturated carbocycles. The fourth-order valence-corrected chi connectivity index (χ4v) is 5.12. The lowest BCUT2D eigenvalue weighted by Crippen LogP contribution is -2.13. The summed E-state index contributed by atoms with van der Waals surface area (Å²) in [5.41, 5.74) is 2.85. The lowest BCUT2D eigenvalue weighted by molar-refractivity contribution is 0.610. The van der Waals surface area contributed by atoms with Gasteiger partial charge in [0.15, 0.2) is 0 Å². The van der Waals surface area contributed by atoms with Gasteiger partial charge in [-0.15, -0.1) is 16.4 Å². The van der Waals surface area contributed by atoms with Crippen molar-refractivity contribution in [2.45, 2.75) is 31.3 Å². The Balaban J connectivity index is 1.40. The zero-order chi connectivity index (χ0) is 27.0. The number of fused-ring (bicyclic) bond motifs is 1. The van der Waals surface area contributed by atoms with E-state index in [0.29, 0.717) is 57.1 Å². The average molecular weight is 546 g/mol. The van der Waals surface area contributed by atoms with E-state index in [1.54, 1.807) is 52.7 Å². The largest absolute Gasteiger partial charge is 0.383 e.